The van der Waals surface area contributed by atoms with Crippen LogP contribution in [0.5, 0.6) is 0 Å². The molecule has 1 aliphatic carbocycles. The van der Waals surface area contributed by atoms with Crippen LogP contribution in [0.3, 0.4) is 0 Å². The van der Waals surface area contributed by atoms with Gasteiger partial charge in [-0.05, 0) is 46.5 Å². The van der Waals surface area contributed by atoms with E-state index in [1.807, 2.05) is 24.9 Å². The van der Waals surface area contributed by atoms with Crippen LogP contribution in [0.1, 0.15) is 72.6 Å². The number of carbonyl (C=O) groups excluding carboxylic acids is 1. The lowest BCUT2D eigenvalue weighted by Crippen LogP contribution is -2.42. The fourth-order valence-electron chi connectivity index (χ4n) is 4.32. The molecular formula is C20H28N4O2. The van der Waals surface area contributed by atoms with E-state index in [9.17, 15) is 4.79 Å². The highest BCUT2D eigenvalue weighted by Gasteiger charge is 2.31. The Balaban J connectivity index is 1.49. The van der Waals surface area contributed by atoms with Crippen molar-refractivity contribution >= 4 is 5.91 Å². The van der Waals surface area contributed by atoms with E-state index in [2.05, 4.69) is 16.6 Å². The molecule has 0 bridgehead atoms. The standard InChI is InChI=1S/C20H28N4O2/c1-13-11-21-20(16-6-4-7-16)24(13)17-8-5-9-23(12-17)19(25)10-18-14(2)22-26-15(18)3/h11,16-17H,4-10,12H2,1-3H3. The molecule has 3 heterocycles. The van der Waals surface area contributed by atoms with Crippen LogP contribution >= 0.6 is 0 Å². The zero-order valence-electron chi connectivity index (χ0n) is 16.0. The molecule has 1 amide bonds. The molecule has 1 aliphatic heterocycles. The Morgan fingerprint density at radius 2 is 2.04 bits per heavy atom. The summed E-state index contributed by atoms with van der Waals surface area (Å²) in [5, 5.41) is 3.97. The number of amides is 1. The molecule has 4 rings (SSSR count). The molecule has 2 aliphatic rings. The van der Waals surface area contributed by atoms with Crippen LogP contribution in [0.15, 0.2) is 10.7 Å². The van der Waals surface area contributed by atoms with Crippen molar-refractivity contribution in [1.82, 2.24) is 19.6 Å². The van der Waals surface area contributed by atoms with E-state index in [0.29, 0.717) is 18.4 Å². The van der Waals surface area contributed by atoms with E-state index >= 15 is 0 Å². The van der Waals surface area contributed by atoms with Crippen LogP contribution in [0.4, 0.5) is 0 Å². The molecule has 1 saturated carbocycles. The van der Waals surface area contributed by atoms with Crippen LogP contribution < -0.4 is 0 Å². The largest absolute Gasteiger partial charge is 0.361 e. The van der Waals surface area contributed by atoms with Gasteiger partial charge in [0, 0.05) is 36.5 Å². The third kappa shape index (κ3) is 3.06. The first-order valence-electron chi connectivity index (χ1n) is 9.78. The van der Waals surface area contributed by atoms with Crippen LogP contribution in [-0.4, -0.2) is 38.6 Å². The second-order valence-corrected chi connectivity index (χ2v) is 7.87. The minimum atomic E-state index is 0.173. The Hall–Kier alpha value is -2.11. The average Bonchev–Trinajstić information content (AvgIpc) is 3.10. The molecule has 2 fully saturated rings. The third-order valence-corrected chi connectivity index (χ3v) is 6.10. The topological polar surface area (TPSA) is 64.2 Å². The van der Waals surface area contributed by atoms with Crippen LogP contribution in [0.25, 0.3) is 0 Å². The fourth-order valence-corrected chi connectivity index (χ4v) is 4.32. The molecule has 2 aromatic heterocycles. The van der Waals surface area contributed by atoms with Gasteiger partial charge >= 0.3 is 0 Å². The Morgan fingerprint density at radius 3 is 2.69 bits per heavy atom. The second kappa shape index (κ2) is 6.89. The molecule has 1 saturated heterocycles. The van der Waals surface area contributed by atoms with Crippen molar-refractivity contribution in [2.24, 2.45) is 0 Å². The average molecular weight is 356 g/mol. The van der Waals surface area contributed by atoms with E-state index in [-0.39, 0.29) is 5.91 Å². The van der Waals surface area contributed by atoms with Gasteiger partial charge in [-0.1, -0.05) is 11.6 Å². The van der Waals surface area contributed by atoms with E-state index in [1.54, 1.807) is 0 Å². The summed E-state index contributed by atoms with van der Waals surface area (Å²) in [6, 6.07) is 0.343. The maximum atomic E-state index is 12.9. The number of piperidine rings is 1. The van der Waals surface area contributed by atoms with Crippen LogP contribution in [0.2, 0.25) is 0 Å². The van der Waals surface area contributed by atoms with E-state index in [1.165, 1.54) is 30.8 Å². The lowest BCUT2D eigenvalue weighted by molar-refractivity contribution is -0.132. The summed E-state index contributed by atoms with van der Waals surface area (Å²) in [6.07, 6.45) is 8.34. The molecule has 2 aromatic rings. The molecule has 0 N–H and O–H groups in total. The number of likely N-dealkylation sites (tertiary alicyclic amines) is 1. The van der Waals surface area contributed by atoms with Gasteiger partial charge in [0.15, 0.2) is 0 Å². The molecule has 140 valence electrons. The summed E-state index contributed by atoms with van der Waals surface area (Å²) in [6.45, 7) is 7.53. The van der Waals surface area contributed by atoms with Gasteiger partial charge in [0.25, 0.3) is 0 Å². The molecule has 0 aromatic carbocycles. The number of hydrogen-bond acceptors (Lipinski definition) is 4. The van der Waals surface area contributed by atoms with Crippen molar-refractivity contribution in [2.45, 2.75) is 71.3 Å². The molecule has 26 heavy (non-hydrogen) atoms. The lowest BCUT2D eigenvalue weighted by atomic mass is 9.84. The van der Waals surface area contributed by atoms with Crippen molar-refractivity contribution in [3.63, 3.8) is 0 Å². The third-order valence-electron chi connectivity index (χ3n) is 6.10. The first-order valence-corrected chi connectivity index (χ1v) is 9.78. The quantitative estimate of drug-likeness (QED) is 0.841. The Bertz CT molecular complexity index is 783. The number of imidazole rings is 1. The van der Waals surface area contributed by atoms with Gasteiger partial charge in [-0.2, -0.15) is 0 Å². The maximum absolute atomic E-state index is 12.9. The van der Waals surface area contributed by atoms with Crippen molar-refractivity contribution in [2.75, 3.05) is 13.1 Å². The summed E-state index contributed by atoms with van der Waals surface area (Å²) in [4.78, 5) is 19.6. The van der Waals surface area contributed by atoms with E-state index < -0.39 is 0 Å². The summed E-state index contributed by atoms with van der Waals surface area (Å²) in [7, 11) is 0. The van der Waals surface area contributed by atoms with Crippen LogP contribution in [-0.2, 0) is 11.2 Å². The first-order chi connectivity index (χ1) is 12.5. The number of rotatable bonds is 4. The van der Waals surface area contributed by atoms with Crippen molar-refractivity contribution in [3.05, 3.63) is 34.7 Å². The van der Waals surface area contributed by atoms with Crippen molar-refractivity contribution in [1.29, 1.82) is 0 Å². The van der Waals surface area contributed by atoms with Gasteiger partial charge in [-0.15, -0.1) is 0 Å². The van der Waals surface area contributed by atoms with E-state index in [4.69, 9.17) is 9.51 Å². The number of hydrogen-bond donors (Lipinski definition) is 0. The normalized spacial score (nSPS) is 21.0. The Kier molecular flexibility index (Phi) is 4.59. The predicted octanol–water partition coefficient (Wildman–Crippen LogP) is 3.47. The van der Waals surface area contributed by atoms with Gasteiger partial charge < -0.3 is 14.0 Å². The van der Waals surface area contributed by atoms with Crippen molar-refractivity contribution < 1.29 is 9.32 Å². The zero-order chi connectivity index (χ0) is 18.3. The number of carbonyl (C=O) groups is 1. The minimum Gasteiger partial charge on any atom is -0.361 e. The fraction of sp³-hybridized carbons (Fsp3) is 0.650. The summed E-state index contributed by atoms with van der Waals surface area (Å²) < 4.78 is 7.62. The lowest BCUT2D eigenvalue weighted by Gasteiger charge is -2.36. The molecule has 1 atom stereocenters. The smallest absolute Gasteiger partial charge is 0.227 e. The van der Waals surface area contributed by atoms with Gasteiger partial charge in [0.05, 0.1) is 18.2 Å². The van der Waals surface area contributed by atoms with Gasteiger partial charge in [0.1, 0.15) is 11.6 Å². The maximum Gasteiger partial charge on any atom is 0.227 e. The van der Waals surface area contributed by atoms with E-state index in [0.717, 1.165) is 42.9 Å². The Labute approximate surface area is 154 Å². The van der Waals surface area contributed by atoms with Crippen molar-refractivity contribution in [3.8, 4) is 0 Å². The molecule has 6 nitrogen and oxygen atoms in total. The molecule has 1 unspecified atom stereocenters. The first kappa shape index (κ1) is 17.3. The summed E-state index contributed by atoms with van der Waals surface area (Å²) >= 11 is 0. The summed E-state index contributed by atoms with van der Waals surface area (Å²) in [5.74, 6) is 2.77. The highest BCUT2D eigenvalue weighted by Crippen LogP contribution is 2.38. The zero-order valence-corrected chi connectivity index (χ0v) is 16.0. The number of aromatic nitrogens is 3. The SMILES string of the molecule is Cc1noc(C)c1CC(=O)N1CCCC(n2c(C)cnc2C2CCC2)C1. The molecule has 6 heteroatoms. The van der Waals surface area contributed by atoms with Gasteiger partial charge in [0.2, 0.25) is 5.91 Å². The van der Waals surface area contributed by atoms with Gasteiger partial charge in [-0.25, -0.2) is 4.98 Å². The number of nitrogens with zero attached hydrogens (tertiary/aromatic N) is 4. The molecule has 0 radical (unpaired) electrons. The summed E-state index contributed by atoms with van der Waals surface area (Å²) in [5.41, 5.74) is 2.98. The molecule has 0 spiro atoms. The molecular weight excluding hydrogens is 328 g/mol. The minimum absolute atomic E-state index is 0.173. The van der Waals surface area contributed by atoms with Crippen LogP contribution in [0, 0.1) is 20.8 Å². The highest BCUT2D eigenvalue weighted by atomic mass is 16.5. The van der Waals surface area contributed by atoms with Gasteiger partial charge in [-0.3, -0.25) is 4.79 Å². The predicted molar refractivity (Wildman–Crippen MR) is 98.1 cm³/mol. The highest BCUT2D eigenvalue weighted by molar-refractivity contribution is 5.79. The monoisotopic (exact) mass is 356 g/mol. The number of aryl methyl sites for hydroxylation is 3. The second-order valence-electron chi connectivity index (χ2n) is 7.87. The Morgan fingerprint density at radius 1 is 1.23 bits per heavy atom.